The largest absolute Gasteiger partial charge is 0.493 e. The summed E-state index contributed by atoms with van der Waals surface area (Å²) in [7, 11) is 3.11. The first kappa shape index (κ1) is 27.1. The number of ether oxygens (including phenoxy) is 2. The van der Waals surface area contributed by atoms with Crippen molar-refractivity contribution in [2.75, 3.05) is 19.5 Å². The lowest BCUT2D eigenvalue weighted by atomic mass is 10.1. The Labute approximate surface area is 230 Å². The summed E-state index contributed by atoms with van der Waals surface area (Å²) in [5.41, 5.74) is 3.04. The number of carbonyl (C=O) groups excluding carboxylic acids is 3. The summed E-state index contributed by atoms with van der Waals surface area (Å²) in [6.45, 7) is 0. The summed E-state index contributed by atoms with van der Waals surface area (Å²) in [6, 6.07) is 22.4. The molecular weight excluding hydrogens is 512 g/mol. The molecule has 3 aromatic carbocycles. The fourth-order valence-corrected chi connectivity index (χ4v) is 4.23. The Balaban J connectivity index is 1.44. The first-order valence-electron chi connectivity index (χ1n) is 11.9. The number of ketones is 1. The van der Waals surface area contributed by atoms with Gasteiger partial charge in [-0.25, -0.2) is 0 Å². The number of hydrogen-bond donors (Lipinski definition) is 2. The van der Waals surface area contributed by atoms with Crippen LogP contribution in [0.2, 0.25) is 0 Å². The van der Waals surface area contributed by atoms with Crippen LogP contribution in [-0.4, -0.2) is 31.8 Å². The van der Waals surface area contributed by atoms with E-state index in [9.17, 15) is 14.4 Å². The number of methoxy groups -OCH3 is 2. The minimum atomic E-state index is -0.488. The molecule has 0 saturated carbocycles. The van der Waals surface area contributed by atoms with Crippen LogP contribution in [0.25, 0.3) is 12.2 Å². The molecule has 0 aliphatic rings. The second-order valence-corrected chi connectivity index (χ2v) is 9.06. The van der Waals surface area contributed by atoms with Gasteiger partial charge in [0.05, 0.1) is 14.2 Å². The van der Waals surface area contributed by atoms with Crippen LogP contribution < -0.4 is 20.1 Å². The molecule has 0 spiro atoms. The van der Waals surface area contributed by atoms with Crippen LogP contribution in [0.1, 0.15) is 31.8 Å². The van der Waals surface area contributed by atoms with Crippen molar-refractivity contribution in [3.63, 3.8) is 0 Å². The molecule has 0 fully saturated rings. The summed E-state index contributed by atoms with van der Waals surface area (Å²) in [4.78, 5) is 38.5. The first-order chi connectivity index (χ1) is 19.0. The molecule has 0 aliphatic carbocycles. The summed E-state index contributed by atoms with van der Waals surface area (Å²) < 4.78 is 10.5. The standard InChI is InChI=1S/C31H26N2O5S/c1-37-28-15-9-21(19-29(28)38-2)8-14-27(34)23-10-12-25(13-11-23)32-31(36)26(18-22-16-17-39-20-22)33-30(35)24-6-4-3-5-7-24/h3-20H,1-2H3,(H,32,36)(H,33,35)/b14-8+,26-18-. The highest BCUT2D eigenvalue weighted by atomic mass is 32.1. The lowest BCUT2D eigenvalue weighted by Crippen LogP contribution is -2.30. The molecule has 39 heavy (non-hydrogen) atoms. The smallest absolute Gasteiger partial charge is 0.272 e. The summed E-state index contributed by atoms with van der Waals surface area (Å²) in [5, 5.41) is 9.25. The van der Waals surface area contributed by atoms with E-state index in [1.165, 1.54) is 17.4 Å². The van der Waals surface area contributed by atoms with Gasteiger partial charge in [0.15, 0.2) is 17.3 Å². The molecule has 0 atom stereocenters. The zero-order chi connectivity index (χ0) is 27.6. The maximum Gasteiger partial charge on any atom is 0.272 e. The van der Waals surface area contributed by atoms with Gasteiger partial charge >= 0.3 is 0 Å². The summed E-state index contributed by atoms with van der Waals surface area (Å²) in [6.07, 6.45) is 4.77. The Morgan fingerprint density at radius 2 is 1.54 bits per heavy atom. The van der Waals surface area contributed by atoms with Crippen molar-refractivity contribution in [2.24, 2.45) is 0 Å². The average Bonchev–Trinajstić information content (AvgIpc) is 3.49. The molecule has 0 radical (unpaired) electrons. The van der Waals surface area contributed by atoms with Gasteiger partial charge in [-0.05, 0) is 88.6 Å². The average molecular weight is 539 g/mol. The van der Waals surface area contributed by atoms with Crippen LogP contribution in [0.15, 0.2) is 101 Å². The number of carbonyl (C=O) groups is 3. The van der Waals surface area contributed by atoms with Crippen molar-refractivity contribution in [2.45, 2.75) is 0 Å². The van der Waals surface area contributed by atoms with Crippen LogP contribution in [0, 0.1) is 0 Å². The lowest BCUT2D eigenvalue weighted by molar-refractivity contribution is -0.113. The monoisotopic (exact) mass is 538 g/mol. The molecular formula is C31H26N2O5S. The van der Waals surface area contributed by atoms with Gasteiger partial charge in [-0.15, -0.1) is 0 Å². The van der Waals surface area contributed by atoms with Gasteiger partial charge in [0.25, 0.3) is 11.8 Å². The van der Waals surface area contributed by atoms with E-state index >= 15 is 0 Å². The molecule has 0 bridgehead atoms. The maximum atomic E-state index is 13.1. The number of benzene rings is 3. The Kier molecular flexibility index (Phi) is 9.05. The number of allylic oxidation sites excluding steroid dienone is 1. The number of hydrogen-bond acceptors (Lipinski definition) is 6. The third-order valence-corrected chi connectivity index (χ3v) is 6.35. The van der Waals surface area contributed by atoms with Gasteiger partial charge in [-0.3, -0.25) is 14.4 Å². The van der Waals surface area contributed by atoms with E-state index in [1.54, 1.807) is 87.0 Å². The van der Waals surface area contributed by atoms with Crippen molar-refractivity contribution in [1.29, 1.82) is 0 Å². The molecule has 1 aromatic heterocycles. The molecule has 196 valence electrons. The molecule has 2 N–H and O–H groups in total. The van der Waals surface area contributed by atoms with Gasteiger partial charge in [-0.1, -0.05) is 30.3 Å². The minimum absolute atomic E-state index is 0.0975. The molecule has 8 heteroatoms. The minimum Gasteiger partial charge on any atom is -0.493 e. The number of nitrogens with one attached hydrogen (secondary N) is 2. The summed E-state index contributed by atoms with van der Waals surface area (Å²) in [5.74, 6) is 0.0920. The van der Waals surface area contributed by atoms with Crippen molar-refractivity contribution in [1.82, 2.24) is 5.32 Å². The Bertz CT molecular complexity index is 1510. The zero-order valence-corrected chi connectivity index (χ0v) is 22.2. The normalized spacial score (nSPS) is 11.2. The number of anilines is 1. The third kappa shape index (κ3) is 7.30. The fraction of sp³-hybridized carbons (Fsp3) is 0.0645. The Hall–Kier alpha value is -4.95. The van der Waals surface area contributed by atoms with E-state index < -0.39 is 11.8 Å². The van der Waals surface area contributed by atoms with Crippen LogP contribution in [0.4, 0.5) is 5.69 Å². The first-order valence-corrected chi connectivity index (χ1v) is 12.9. The second kappa shape index (κ2) is 13.0. The third-order valence-electron chi connectivity index (χ3n) is 5.65. The van der Waals surface area contributed by atoms with Crippen molar-refractivity contribution in [3.8, 4) is 11.5 Å². The molecule has 2 amide bonds. The van der Waals surface area contributed by atoms with E-state index in [2.05, 4.69) is 10.6 Å². The highest BCUT2D eigenvalue weighted by molar-refractivity contribution is 7.08. The molecule has 0 saturated heterocycles. The molecule has 1 heterocycles. The molecule has 7 nitrogen and oxygen atoms in total. The quantitative estimate of drug-likeness (QED) is 0.189. The Morgan fingerprint density at radius 3 is 2.21 bits per heavy atom. The predicted molar refractivity (Wildman–Crippen MR) is 154 cm³/mol. The lowest BCUT2D eigenvalue weighted by Gasteiger charge is -2.11. The fourth-order valence-electron chi connectivity index (χ4n) is 3.61. The van der Waals surface area contributed by atoms with Gasteiger partial charge in [0.2, 0.25) is 0 Å². The maximum absolute atomic E-state index is 13.1. The number of amides is 2. The number of rotatable bonds is 10. The van der Waals surface area contributed by atoms with Gasteiger partial charge < -0.3 is 20.1 Å². The molecule has 0 aliphatic heterocycles. The second-order valence-electron chi connectivity index (χ2n) is 8.28. The van der Waals surface area contributed by atoms with E-state index in [4.69, 9.17) is 9.47 Å². The van der Waals surface area contributed by atoms with Gasteiger partial charge in [0, 0.05) is 16.8 Å². The van der Waals surface area contributed by atoms with Gasteiger partial charge in [0.1, 0.15) is 5.70 Å². The van der Waals surface area contributed by atoms with E-state index in [0.717, 1.165) is 11.1 Å². The highest BCUT2D eigenvalue weighted by Crippen LogP contribution is 2.28. The van der Waals surface area contributed by atoms with Crippen LogP contribution in [0.3, 0.4) is 0 Å². The topological polar surface area (TPSA) is 93.7 Å². The van der Waals surface area contributed by atoms with Crippen molar-refractivity contribution < 1.29 is 23.9 Å². The zero-order valence-electron chi connectivity index (χ0n) is 21.3. The van der Waals surface area contributed by atoms with Gasteiger partial charge in [-0.2, -0.15) is 11.3 Å². The highest BCUT2D eigenvalue weighted by Gasteiger charge is 2.15. The molecule has 0 unspecified atom stereocenters. The van der Waals surface area contributed by atoms with Crippen LogP contribution in [-0.2, 0) is 4.79 Å². The Morgan fingerprint density at radius 1 is 0.795 bits per heavy atom. The van der Waals surface area contributed by atoms with Crippen molar-refractivity contribution >= 4 is 46.8 Å². The van der Waals surface area contributed by atoms with E-state index in [1.807, 2.05) is 29.0 Å². The van der Waals surface area contributed by atoms with Crippen molar-refractivity contribution in [3.05, 3.63) is 124 Å². The van der Waals surface area contributed by atoms with Crippen LogP contribution in [0.5, 0.6) is 11.5 Å². The van der Waals surface area contributed by atoms with E-state index in [-0.39, 0.29) is 11.5 Å². The summed E-state index contributed by atoms with van der Waals surface area (Å²) >= 11 is 1.48. The van der Waals surface area contributed by atoms with Crippen LogP contribution >= 0.6 is 11.3 Å². The SMILES string of the molecule is COc1ccc(/C=C/C(=O)c2ccc(NC(=O)/C(=C/c3ccsc3)NC(=O)c3ccccc3)cc2)cc1OC. The number of thiophene rings is 1. The molecule has 4 rings (SSSR count). The molecule has 4 aromatic rings. The van der Waals surface area contributed by atoms with E-state index in [0.29, 0.717) is 28.3 Å². The predicted octanol–water partition coefficient (Wildman–Crippen LogP) is 6.07.